The number of rotatable bonds is 2. The number of nitrogens with zero attached hydrogens (tertiary/aromatic N) is 1. The summed E-state index contributed by atoms with van der Waals surface area (Å²) in [6.07, 6.45) is 1.71. The van der Waals surface area contributed by atoms with Gasteiger partial charge in [0.15, 0.2) is 0 Å². The number of hydrogen-bond acceptors (Lipinski definition) is 2. The Morgan fingerprint density at radius 1 is 1.20 bits per heavy atom. The highest BCUT2D eigenvalue weighted by Crippen LogP contribution is 2.18. The lowest BCUT2D eigenvalue weighted by Crippen LogP contribution is -2.13. The number of carbonyl (C=O) groups excluding carboxylic acids is 1. The number of benzene rings is 1. The number of aromatic amines is 1. The SMILES string of the molecule is Cc1ccc(C)c(NC(=O)c2cc3ncccc3[nH]2)c1. The van der Waals surface area contributed by atoms with Gasteiger partial charge in [-0.05, 0) is 49.2 Å². The molecule has 0 aliphatic carbocycles. The number of H-pyrrole nitrogens is 1. The molecule has 0 unspecified atom stereocenters. The summed E-state index contributed by atoms with van der Waals surface area (Å²) in [5.74, 6) is -0.156. The second kappa shape index (κ2) is 4.81. The van der Waals surface area contributed by atoms with Gasteiger partial charge in [0.05, 0.1) is 11.0 Å². The van der Waals surface area contributed by atoms with E-state index in [-0.39, 0.29) is 5.91 Å². The second-order valence-corrected chi connectivity index (χ2v) is 4.89. The molecule has 0 fully saturated rings. The molecule has 4 heteroatoms. The van der Waals surface area contributed by atoms with Crippen LogP contribution >= 0.6 is 0 Å². The van der Waals surface area contributed by atoms with Crippen LogP contribution in [0.5, 0.6) is 0 Å². The van der Waals surface area contributed by atoms with Gasteiger partial charge < -0.3 is 10.3 Å². The summed E-state index contributed by atoms with van der Waals surface area (Å²) >= 11 is 0. The van der Waals surface area contributed by atoms with E-state index in [0.29, 0.717) is 5.69 Å². The first-order valence-electron chi connectivity index (χ1n) is 6.46. The number of pyridine rings is 1. The molecule has 1 amide bonds. The van der Waals surface area contributed by atoms with Gasteiger partial charge in [0, 0.05) is 11.9 Å². The smallest absolute Gasteiger partial charge is 0.272 e. The Morgan fingerprint density at radius 3 is 2.85 bits per heavy atom. The van der Waals surface area contributed by atoms with Crippen molar-refractivity contribution < 1.29 is 4.79 Å². The lowest BCUT2D eigenvalue weighted by Gasteiger charge is -2.08. The van der Waals surface area contributed by atoms with E-state index in [0.717, 1.165) is 27.8 Å². The summed E-state index contributed by atoms with van der Waals surface area (Å²) in [5, 5.41) is 2.93. The van der Waals surface area contributed by atoms with E-state index >= 15 is 0 Å². The molecule has 20 heavy (non-hydrogen) atoms. The fourth-order valence-corrected chi connectivity index (χ4v) is 2.14. The van der Waals surface area contributed by atoms with Crippen LogP contribution in [-0.4, -0.2) is 15.9 Å². The lowest BCUT2D eigenvalue weighted by atomic mass is 10.1. The zero-order valence-electron chi connectivity index (χ0n) is 11.4. The van der Waals surface area contributed by atoms with Gasteiger partial charge in [-0.1, -0.05) is 12.1 Å². The summed E-state index contributed by atoms with van der Waals surface area (Å²) in [6, 6.07) is 11.5. The molecule has 0 saturated carbocycles. The average molecular weight is 265 g/mol. The number of hydrogen-bond donors (Lipinski definition) is 2. The molecule has 0 radical (unpaired) electrons. The highest BCUT2D eigenvalue weighted by atomic mass is 16.1. The monoisotopic (exact) mass is 265 g/mol. The van der Waals surface area contributed by atoms with Crippen LogP contribution in [0.2, 0.25) is 0 Å². The van der Waals surface area contributed by atoms with Crippen molar-refractivity contribution in [2.45, 2.75) is 13.8 Å². The Balaban J connectivity index is 1.90. The molecule has 0 atom stereocenters. The van der Waals surface area contributed by atoms with Gasteiger partial charge >= 0.3 is 0 Å². The van der Waals surface area contributed by atoms with E-state index in [4.69, 9.17) is 0 Å². The van der Waals surface area contributed by atoms with Crippen molar-refractivity contribution in [3.05, 3.63) is 59.4 Å². The third kappa shape index (κ3) is 2.28. The Labute approximate surface area is 116 Å². The molecule has 2 N–H and O–H groups in total. The highest BCUT2D eigenvalue weighted by molar-refractivity contribution is 6.05. The topological polar surface area (TPSA) is 57.8 Å². The van der Waals surface area contributed by atoms with E-state index in [2.05, 4.69) is 15.3 Å². The van der Waals surface area contributed by atoms with Crippen molar-refractivity contribution in [2.24, 2.45) is 0 Å². The second-order valence-electron chi connectivity index (χ2n) is 4.89. The van der Waals surface area contributed by atoms with Crippen LogP contribution in [0.1, 0.15) is 21.6 Å². The van der Waals surface area contributed by atoms with E-state index in [9.17, 15) is 4.79 Å². The summed E-state index contributed by atoms with van der Waals surface area (Å²) in [4.78, 5) is 19.6. The van der Waals surface area contributed by atoms with Crippen molar-refractivity contribution in [1.82, 2.24) is 9.97 Å². The van der Waals surface area contributed by atoms with Crippen molar-refractivity contribution in [2.75, 3.05) is 5.32 Å². The van der Waals surface area contributed by atoms with Crippen molar-refractivity contribution in [3.63, 3.8) is 0 Å². The molecule has 0 aliphatic heterocycles. The molecule has 100 valence electrons. The van der Waals surface area contributed by atoms with Gasteiger partial charge in [0.1, 0.15) is 5.69 Å². The maximum atomic E-state index is 12.3. The van der Waals surface area contributed by atoms with E-state index in [1.807, 2.05) is 44.2 Å². The zero-order chi connectivity index (χ0) is 14.1. The quantitative estimate of drug-likeness (QED) is 0.745. The van der Waals surface area contributed by atoms with Crippen LogP contribution in [-0.2, 0) is 0 Å². The summed E-state index contributed by atoms with van der Waals surface area (Å²) < 4.78 is 0. The molecule has 2 heterocycles. The minimum atomic E-state index is -0.156. The van der Waals surface area contributed by atoms with Crippen molar-refractivity contribution in [1.29, 1.82) is 0 Å². The molecule has 2 aromatic heterocycles. The van der Waals surface area contributed by atoms with Gasteiger partial charge in [-0.2, -0.15) is 0 Å². The van der Waals surface area contributed by atoms with Gasteiger partial charge in [0.2, 0.25) is 0 Å². The molecule has 0 aliphatic rings. The molecular weight excluding hydrogens is 250 g/mol. The number of carbonyl (C=O) groups is 1. The summed E-state index contributed by atoms with van der Waals surface area (Å²) in [5.41, 5.74) is 5.15. The average Bonchev–Trinajstić information content (AvgIpc) is 2.87. The maximum Gasteiger partial charge on any atom is 0.272 e. The number of anilines is 1. The van der Waals surface area contributed by atoms with Gasteiger partial charge in [-0.15, -0.1) is 0 Å². The Morgan fingerprint density at radius 2 is 2.05 bits per heavy atom. The summed E-state index contributed by atoms with van der Waals surface area (Å²) in [6.45, 7) is 3.98. The Hall–Kier alpha value is -2.62. The summed E-state index contributed by atoms with van der Waals surface area (Å²) in [7, 11) is 0. The Bertz CT molecular complexity index is 756. The normalized spacial score (nSPS) is 10.7. The molecule has 3 rings (SSSR count). The largest absolute Gasteiger partial charge is 0.349 e. The van der Waals surface area contributed by atoms with Crippen molar-refractivity contribution >= 4 is 22.6 Å². The van der Waals surface area contributed by atoms with Crippen LogP contribution in [0.3, 0.4) is 0 Å². The molecular formula is C16H15N3O. The maximum absolute atomic E-state index is 12.3. The number of fused-ring (bicyclic) bond motifs is 1. The third-order valence-corrected chi connectivity index (χ3v) is 3.27. The van der Waals surface area contributed by atoms with Crippen LogP contribution < -0.4 is 5.32 Å². The number of amides is 1. The molecule has 1 aromatic carbocycles. The number of aryl methyl sites for hydroxylation is 2. The first kappa shape index (κ1) is 12.4. The molecule has 0 bridgehead atoms. The van der Waals surface area contributed by atoms with Gasteiger partial charge in [0.25, 0.3) is 5.91 Å². The highest BCUT2D eigenvalue weighted by Gasteiger charge is 2.11. The first-order valence-corrected chi connectivity index (χ1v) is 6.46. The number of aromatic nitrogens is 2. The van der Waals surface area contributed by atoms with Crippen molar-refractivity contribution in [3.8, 4) is 0 Å². The number of nitrogens with one attached hydrogen (secondary N) is 2. The molecule has 0 saturated heterocycles. The minimum absolute atomic E-state index is 0.156. The molecule has 3 aromatic rings. The third-order valence-electron chi connectivity index (χ3n) is 3.27. The van der Waals surface area contributed by atoms with Gasteiger partial charge in [-0.3, -0.25) is 9.78 Å². The van der Waals surface area contributed by atoms with Crippen LogP contribution in [0.25, 0.3) is 11.0 Å². The predicted octanol–water partition coefficient (Wildman–Crippen LogP) is 3.43. The fourth-order valence-electron chi connectivity index (χ4n) is 2.14. The van der Waals surface area contributed by atoms with Crippen LogP contribution in [0.15, 0.2) is 42.6 Å². The fraction of sp³-hybridized carbons (Fsp3) is 0.125. The van der Waals surface area contributed by atoms with Crippen LogP contribution in [0, 0.1) is 13.8 Å². The van der Waals surface area contributed by atoms with Gasteiger partial charge in [-0.25, -0.2) is 0 Å². The predicted molar refractivity (Wildman–Crippen MR) is 80.0 cm³/mol. The molecule has 0 spiro atoms. The first-order chi connectivity index (χ1) is 9.63. The Kier molecular flexibility index (Phi) is 2.99. The van der Waals surface area contributed by atoms with E-state index < -0.39 is 0 Å². The standard InChI is InChI=1S/C16H15N3O/c1-10-5-6-11(2)13(8-10)19-16(20)15-9-14-12(18-15)4-3-7-17-14/h3-9,18H,1-2H3,(H,19,20). The van der Waals surface area contributed by atoms with E-state index in [1.54, 1.807) is 12.3 Å². The minimum Gasteiger partial charge on any atom is -0.349 e. The molecule has 4 nitrogen and oxygen atoms in total. The zero-order valence-corrected chi connectivity index (χ0v) is 11.4. The van der Waals surface area contributed by atoms with E-state index in [1.165, 1.54) is 0 Å². The lowest BCUT2D eigenvalue weighted by molar-refractivity contribution is 0.102. The van der Waals surface area contributed by atoms with Crippen LogP contribution in [0.4, 0.5) is 5.69 Å².